The molecule has 6 nitrogen and oxygen atoms in total. The Morgan fingerprint density at radius 3 is 2.38 bits per heavy atom. The maximum absolute atomic E-state index is 5.37. The normalized spacial score (nSPS) is 17.8. The molecule has 0 bridgehead atoms. The molecule has 2 N–H and O–H groups in total. The lowest BCUT2D eigenvalue weighted by Crippen LogP contribution is -2.22. The first-order valence-corrected chi connectivity index (χ1v) is 8.02. The number of methoxy groups -OCH3 is 2. The zero-order valence-corrected chi connectivity index (χ0v) is 13.3. The quantitative estimate of drug-likeness (QED) is 0.286. The van der Waals surface area contributed by atoms with Crippen LogP contribution in [0.1, 0.15) is 32.1 Å². The van der Waals surface area contributed by atoms with Crippen molar-refractivity contribution in [3.8, 4) is 11.8 Å². The van der Waals surface area contributed by atoms with E-state index in [1.54, 1.807) is 38.3 Å². The number of nitrogens with zero attached hydrogens (tertiary/aromatic N) is 3. The summed E-state index contributed by atoms with van der Waals surface area (Å²) in [6, 6.07) is 1.66. The SMILES string of the molecule is COc1cc(OC)nc(SC(C=NN)C2CCCCC2)n1. The molecule has 0 radical (unpaired) electrons. The van der Waals surface area contributed by atoms with Crippen LogP contribution >= 0.6 is 11.8 Å². The van der Waals surface area contributed by atoms with Crippen LogP contribution in [-0.4, -0.2) is 35.7 Å². The van der Waals surface area contributed by atoms with Gasteiger partial charge in [0.15, 0.2) is 5.16 Å². The van der Waals surface area contributed by atoms with E-state index in [1.807, 2.05) is 0 Å². The molecule has 1 heterocycles. The fourth-order valence-corrected chi connectivity index (χ4v) is 3.69. The largest absolute Gasteiger partial charge is 0.481 e. The molecule has 0 spiro atoms. The van der Waals surface area contributed by atoms with E-state index in [1.165, 1.54) is 32.1 Å². The van der Waals surface area contributed by atoms with E-state index in [-0.39, 0.29) is 5.25 Å². The van der Waals surface area contributed by atoms with Crippen molar-refractivity contribution in [2.45, 2.75) is 42.5 Å². The summed E-state index contributed by atoms with van der Waals surface area (Å²) < 4.78 is 10.4. The van der Waals surface area contributed by atoms with E-state index in [4.69, 9.17) is 15.3 Å². The van der Waals surface area contributed by atoms with Crippen LogP contribution in [0.25, 0.3) is 0 Å². The number of rotatable bonds is 6. The summed E-state index contributed by atoms with van der Waals surface area (Å²) in [7, 11) is 3.16. The van der Waals surface area contributed by atoms with Crippen LogP contribution in [-0.2, 0) is 0 Å². The first-order valence-electron chi connectivity index (χ1n) is 7.14. The summed E-state index contributed by atoms with van der Waals surface area (Å²) in [5.41, 5.74) is 0. The summed E-state index contributed by atoms with van der Waals surface area (Å²) in [6.07, 6.45) is 8.05. The number of ether oxygens (including phenoxy) is 2. The lowest BCUT2D eigenvalue weighted by atomic mass is 9.87. The van der Waals surface area contributed by atoms with E-state index in [2.05, 4.69) is 15.1 Å². The molecule has 1 unspecified atom stereocenters. The minimum atomic E-state index is 0.187. The van der Waals surface area contributed by atoms with Crippen LogP contribution in [0.3, 0.4) is 0 Å². The van der Waals surface area contributed by atoms with Crippen molar-refractivity contribution < 1.29 is 9.47 Å². The Hall–Kier alpha value is -1.50. The lowest BCUT2D eigenvalue weighted by molar-refractivity contribution is 0.362. The van der Waals surface area contributed by atoms with Crippen molar-refractivity contribution in [3.63, 3.8) is 0 Å². The molecule has 7 heteroatoms. The van der Waals surface area contributed by atoms with Crippen molar-refractivity contribution in [1.82, 2.24) is 9.97 Å². The Morgan fingerprint density at radius 1 is 1.24 bits per heavy atom. The fourth-order valence-electron chi connectivity index (χ4n) is 2.56. The number of nitrogens with two attached hydrogens (primary N) is 1. The molecule has 1 aliphatic carbocycles. The van der Waals surface area contributed by atoms with Crippen LogP contribution in [0.5, 0.6) is 11.8 Å². The summed E-state index contributed by atoms with van der Waals surface area (Å²) in [4.78, 5) is 8.73. The van der Waals surface area contributed by atoms with E-state index in [0.29, 0.717) is 22.8 Å². The molecule has 0 saturated heterocycles. The number of thioether (sulfide) groups is 1. The summed E-state index contributed by atoms with van der Waals surface area (Å²) in [5.74, 6) is 6.93. The predicted molar refractivity (Wildman–Crippen MR) is 84.0 cm³/mol. The number of hydrogen-bond donors (Lipinski definition) is 1. The van der Waals surface area contributed by atoms with E-state index < -0.39 is 0 Å². The van der Waals surface area contributed by atoms with Crippen molar-refractivity contribution in [2.24, 2.45) is 16.9 Å². The van der Waals surface area contributed by atoms with Gasteiger partial charge in [-0.2, -0.15) is 15.1 Å². The Labute approximate surface area is 129 Å². The number of hydrazone groups is 1. The summed E-state index contributed by atoms with van der Waals surface area (Å²) in [6.45, 7) is 0. The molecule has 0 aromatic carbocycles. The zero-order valence-electron chi connectivity index (χ0n) is 12.5. The van der Waals surface area contributed by atoms with Gasteiger partial charge in [0.1, 0.15) is 0 Å². The number of aromatic nitrogens is 2. The standard InChI is InChI=1S/C14H22N4O2S/c1-19-12-8-13(20-2)18-14(17-12)21-11(9-16-15)10-6-4-3-5-7-10/h8-11H,3-7,15H2,1-2H3. The van der Waals surface area contributed by atoms with Crippen molar-refractivity contribution in [1.29, 1.82) is 0 Å². The summed E-state index contributed by atoms with van der Waals surface area (Å²) in [5, 5.41) is 4.54. The van der Waals surface area contributed by atoms with Gasteiger partial charge in [0.25, 0.3) is 0 Å². The molecule has 116 valence electrons. The van der Waals surface area contributed by atoms with Gasteiger partial charge >= 0.3 is 0 Å². The first-order chi connectivity index (χ1) is 10.3. The smallest absolute Gasteiger partial charge is 0.220 e. The van der Waals surface area contributed by atoms with Crippen molar-refractivity contribution >= 4 is 18.0 Å². The Morgan fingerprint density at radius 2 is 1.86 bits per heavy atom. The van der Waals surface area contributed by atoms with Gasteiger partial charge in [0.2, 0.25) is 11.8 Å². The third-order valence-electron chi connectivity index (χ3n) is 3.67. The second kappa shape index (κ2) is 8.07. The molecule has 1 aromatic heterocycles. The molecule has 2 rings (SSSR count). The van der Waals surface area contributed by atoms with E-state index in [9.17, 15) is 0 Å². The van der Waals surface area contributed by atoms with Crippen molar-refractivity contribution in [2.75, 3.05) is 14.2 Å². The van der Waals surface area contributed by atoms with Crippen LogP contribution in [0, 0.1) is 5.92 Å². The Balaban J connectivity index is 2.15. The molecule has 1 aliphatic rings. The average molecular weight is 310 g/mol. The highest BCUT2D eigenvalue weighted by Crippen LogP contribution is 2.35. The minimum absolute atomic E-state index is 0.187. The van der Waals surface area contributed by atoms with Crippen LogP contribution < -0.4 is 15.3 Å². The molecular weight excluding hydrogens is 288 g/mol. The second-order valence-electron chi connectivity index (χ2n) is 5.01. The highest BCUT2D eigenvalue weighted by molar-refractivity contribution is 8.00. The Kier molecular flexibility index (Phi) is 6.10. The monoisotopic (exact) mass is 310 g/mol. The fraction of sp³-hybridized carbons (Fsp3) is 0.643. The van der Waals surface area contributed by atoms with Crippen molar-refractivity contribution in [3.05, 3.63) is 6.07 Å². The molecule has 1 fully saturated rings. The summed E-state index contributed by atoms with van der Waals surface area (Å²) >= 11 is 1.57. The molecule has 0 amide bonds. The van der Waals surface area contributed by atoms with Gasteiger partial charge in [-0.05, 0) is 18.8 Å². The zero-order chi connectivity index (χ0) is 15.1. The topological polar surface area (TPSA) is 82.6 Å². The minimum Gasteiger partial charge on any atom is -0.481 e. The van der Waals surface area contributed by atoms with E-state index >= 15 is 0 Å². The molecule has 0 aliphatic heterocycles. The van der Waals surface area contributed by atoms with Crippen LogP contribution in [0.2, 0.25) is 0 Å². The van der Waals surface area contributed by atoms with Crippen LogP contribution in [0.4, 0.5) is 0 Å². The van der Waals surface area contributed by atoms with Gasteiger partial charge in [-0.3, -0.25) is 0 Å². The van der Waals surface area contributed by atoms with Gasteiger partial charge in [-0.15, -0.1) is 0 Å². The van der Waals surface area contributed by atoms with Gasteiger partial charge in [0.05, 0.1) is 25.5 Å². The highest BCUT2D eigenvalue weighted by atomic mass is 32.2. The second-order valence-corrected chi connectivity index (χ2v) is 6.16. The third kappa shape index (κ3) is 4.49. The predicted octanol–water partition coefficient (Wildman–Crippen LogP) is 2.48. The van der Waals surface area contributed by atoms with E-state index in [0.717, 1.165) is 0 Å². The maximum Gasteiger partial charge on any atom is 0.220 e. The third-order valence-corrected chi connectivity index (χ3v) is 4.84. The molecule has 1 aromatic rings. The Bertz CT molecular complexity index is 456. The number of hydrogen-bond acceptors (Lipinski definition) is 7. The lowest BCUT2D eigenvalue weighted by Gasteiger charge is -2.26. The van der Waals surface area contributed by atoms with Gasteiger partial charge in [0, 0.05) is 6.21 Å². The molecule has 1 atom stereocenters. The van der Waals surface area contributed by atoms with Gasteiger partial charge in [-0.25, -0.2) is 0 Å². The van der Waals surface area contributed by atoms with Crippen LogP contribution in [0.15, 0.2) is 16.3 Å². The molecular formula is C14H22N4O2S. The average Bonchev–Trinajstić information content (AvgIpc) is 2.55. The highest BCUT2D eigenvalue weighted by Gasteiger charge is 2.24. The first kappa shape index (κ1) is 15.9. The maximum atomic E-state index is 5.37. The molecule has 1 saturated carbocycles. The molecule has 21 heavy (non-hydrogen) atoms. The van der Waals surface area contributed by atoms with Gasteiger partial charge < -0.3 is 15.3 Å². The van der Waals surface area contributed by atoms with Gasteiger partial charge in [-0.1, -0.05) is 31.0 Å².